The summed E-state index contributed by atoms with van der Waals surface area (Å²) in [5.41, 5.74) is 2.42. The van der Waals surface area contributed by atoms with E-state index in [1.165, 1.54) is 11.1 Å². The highest BCUT2D eigenvalue weighted by Gasteiger charge is 2.15. The second-order valence-corrected chi connectivity index (χ2v) is 5.59. The Bertz CT molecular complexity index is 659. The van der Waals surface area contributed by atoms with E-state index in [9.17, 15) is 0 Å². The monoisotopic (exact) mass is 338 g/mol. The van der Waals surface area contributed by atoms with Gasteiger partial charge in [0.15, 0.2) is 0 Å². The highest BCUT2D eigenvalue weighted by atomic mass is 79.9. The van der Waals surface area contributed by atoms with Crippen LogP contribution < -0.4 is 5.32 Å². The van der Waals surface area contributed by atoms with Crippen LogP contribution >= 0.6 is 15.9 Å². The van der Waals surface area contributed by atoms with E-state index in [-0.39, 0.29) is 6.04 Å². The lowest BCUT2D eigenvalue weighted by Crippen LogP contribution is -2.13. The van der Waals surface area contributed by atoms with Crippen LogP contribution in [-0.2, 0) is 0 Å². The van der Waals surface area contributed by atoms with Gasteiger partial charge in [-0.15, -0.1) is 0 Å². The number of benzene rings is 2. The van der Waals surface area contributed by atoms with Crippen molar-refractivity contribution in [2.45, 2.75) is 6.04 Å². The maximum Gasteiger partial charge on any atom is 0.141 e. The van der Waals surface area contributed by atoms with E-state index >= 15 is 0 Å². The number of hydrogen-bond donors (Lipinski definition) is 1. The second kappa shape index (κ2) is 6.55. The molecule has 0 aliphatic rings. The predicted molar refractivity (Wildman–Crippen MR) is 90.3 cm³/mol. The molecular weight excluding hydrogens is 324 g/mol. The predicted octanol–water partition coefficient (Wildman–Crippen LogP) is 5.05. The van der Waals surface area contributed by atoms with Crippen molar-refractivity contribution < 1.29 is 0 Å². The van der Waals surface area contributed by atoms with E-state index in [1.54, 1.807) is 6.20 Å². The fourth-order valence-corrected chi connectivity index (χ4v) is 2.65. The maximum absolute atomic E-state index is 4.41. The van der Waals surface area contributed by atoms with Gasteiger partial charge in [0.05, 0.1) is 10.5 Å². The molecule has 0 unspecified atom stereocenters. The third-order valence-corrected chi connectivity index (χ3v) is 3.95. The van der Waals surface area contributed by atoms with Gasteiger partial charge in [-0.25, -0.2) is 4.98 Å². The Kier molecular flexibility index (Phi) is 4.31. The number of nitrogens with one attached hydrogen (secondary N) is 1. The molecule has 1 heterocycles. The minimum Gasteiger partial charge on any atom is -0.358 e. The summed E-state index contributed by atoms with van der Waals surface area (Å²) in [4.78, 5) is 4.41. The molecule has 21 heavy (non-hydrogen) atoms. The van der Waals surface area contributed by atoms with Gasteiger partial charge in [0.2, 0.25) is 0 Å². The molecule has 0 atom stereocenters. The summed E-state index contributed by atoms with van der Waals surface area (Å²) in [6, 6.07) is 24.8. The van der Waals surface area contributed by atoms with Crippen LogP contribution in [0, 0.1) is 0 Å². The molecule has 0 amide bonds. The molecular formula is C18H15BrN2. The van der Waals surface area contributed by atoms with Gasteiger partial charge in [-0.3, -0.25) is 0 Å². The van der Waals surface area contributed by atoms with Gasteiger partial charge in [0, 0.05) is 6.20 Å². The Morgan fingerprint density at radius 1 is 0.762 bits per heavy atom. The van der Waals surface area contributed by atoms with Crippen molar-refractivity contribution in [3.05, 3.63) is 94.6 Å². The molecule has 104 valence electrons. The Labute approximate surface area is 133 Å². The molecule has 0 saturated carbocycles. The summed E-state index contributed by atoms with van der Waals surface area (Å²) in [7, 11) is 0. The molecule has 1 aromatic heterocycles. The zero-order valence-corrected chi connectivity index (χ0v) is 13.0. The molecule has 0 aliphatic heterocycles. The van der Waals surface area contributed by atoms with E-state index in [4.69, 9.17) is 0 Å². The van der Waals surface area contributed by atoms with E-state index in [1.807, 2.05) is 24.3 Å². The van der Waals surface area contributed by atoms with Gasteiger partial charge >= 0.3 is 0 Å². The number of anilines is 1. The summed E-state index contributed by atoms with van der Waals surface area (Å²) in [5.74, 6) is 0.843. The second-order valence-electron chi connectivity index (χ2n) is 4.73. The van der Waals surface area contributed by atoms with Gasteiger partial charge in [-0.05, 0) is 39.2 Å². The summed E-state index contributed by atoms with van der Waals surface area (Å²) < 4.78 is 0.960. The quantitative estimate of drug-likeness (QED) is 0.720. The molecule has 1 N–H and O–H groups in total. The molecule has 2 aromatic carbocycles. The lowest BCUT2D eigenvalue weighted by atomic mass is 9.99. The van der Waals surface area contributed by atoms with Gasteiger partial charge in [-0.1, -0.05) is 60.7 Å². The molecule has 0 saturated heterocycles. The first-order valence-electron chi connectivity index (χ1n) is 6.81. The van der Waals surface area contributed by atoms with Crippen LogP contribution in [0.25, 0.3) is 0 Å². The SMILES string of the molecule is Brc1cccnc1NC(c1ccccc1)c1ccccc1. The average molecular weight is 339 g/mol. The number of aromatic nitrogens is 1. The summed E-state index contributed by atoms with van der Waals surface area (Å²) in [6.07, 6.45) is 1.79. The van der Waals surface area contributed by atoms with Crippen molar-refractivity contribution in [1.82, 2.24) is 4.98 Å². The van der Waals surface area contributed by atoms with E-state index < -0.39 is 0 Å². The lowest BCUT2D eigenvalue weighted by molar-refractivity contribution is 0.924. The standard InChI is InChI=1S/C18H15BrN2/c19-16-12-7-13-20-18(16)21-17(14-8-3-1-4-9-14)15-10-5-2-6-11-15/h1-13,17H,(H,20,21). The molecule has 2 nitrogen and oxygen atoms in total. The Morgan fingerprint density at radius 3 is 1.86 bits per heavy atom. The van der Waals surface area contributed by atoms with Crippen LogP contribution in [0.4, 0.5) is 5.82 Å². The number of hydrogen-bond acceptors (Lipinski definition) is 2. The number of halogens is 1. The first-order valence-corrected chi connectivity index (χ1v) is 7.61. The minimum absolute atomic E-state index is 0.0681. The highest BCUT2D eigenvalue weighted by molar-refractivity contribution is 9.10. The Balaban J connectivity index is 1.99. The Morgan fingerprint density at radius 2 is 1.33 bits per heavy atom. The topological polar surface area (TPSA) is 24.9 Å². The van der Waals surface area contributed by atoms with Crippen LogP contribution in [0.2, 0.25) is 0 Å². The smallest absolute Gasteiger partial charge is 0.141 e. The third-order valence-electron chi connectivity index (χ3n) is 3.31. The maximum atomic E-state index is 4.41. The molecule has 0 bridgehead atoms. The van der Waals surface area contributed by atoms with E-state index in [0.717, 1.165) is 10.3 Å². The van der Waals surface area contributed by atoms with Gasteiger partial charge < -0.3 is 5.32 Å². The van der Waals surface area contributed by atoms with Crippen LogP contribution in [0.15, 0.2) is 83.5 Å². The highest BCUT2D eigenvalue weighted by Crippen LogP contribution is 2.28. The fourth-order valence-electron chi connectivity index (χ4n) is 2.28. The third kappa shape index (κ3) is 3.31. The van der Waals surface area contributed by atoms with E-state index in [0.29, 0.717) is 0 Å². The minimum atomic E-state index is 0.0681. The first-order chi connectivity index (χ1) is 10.3. The largest absolute Gasteiger partial charge is 0.358 e. The van der Waals surface area contributed by atoms with Crippen LogP contribution in [-0.4, -0.2) is 4.98 Å². The zero-order chi connectivity index (χ0) is 14.5. The van der Waals surface area contributed by atoms with Crippen LogP contribution in [0.1, 0.15) is 17.2 Å². The van der Waals surface area contributed by atoms with Crippen molar-refractivity contribution in [3.63, 3.8) is 0 Å². The Hall–Kier alpha value is -2.13. The molecule has 3 rings (SSSR count). The normalized spacial score (nSPS) is 10.6. The fraction of sp³-hybridized carbons (Fsp3) is 0.0556. The molecule has 0 radical (unpaired) electrons. The number of nitrogens with zero attached hydrogens (tertiary/aromatic N) is 1. The summed E-state index contributed by atoms with van der Waals surface area (Å²) in [6.45, 7) is 0. The van der Waals surface area contributed by atoms with Crippen molar-refractivity contribution in [1.29, 1.82) is 0 Å². The van der Waals surface area contributed by atoms with Crippen molar-refractivity contribution in [2.75, 3.05) is 5.32 Å². The molecule has 3 heteroatoms. The zero-order valence-electron chi connectivity index (χ0n) is 11.4. The van der Waals surface area contributed by atoms with Crippen LogP contribution in [0.3, 0.4) is 0 Å². The number of rotatable bonds is 4. The van der Waals surface area contributed by atoms with Gasteiger partial charge in [0.25, 0.3) is 0 Å². The average Bonchev–Trinajstić information content (AvgIpc) is 2.56. The van der Waals surface area contributed by atoms with Crippen molar-refractivity contribution in [3.8, 4) is 0 Å². The van der Waals surface area contributed by atoms with Gasteiger partial charge in [-0.2, -0.15) is 0 Å². The lowest BCUT2D eigenvalue weighted by Gasteiger charge is -2.21. The molecule has 3 aromatic rings. The first kappa shape index (κ1) is 13.8. The van der Waals surface area contributed by atoms with E-state index in [2.05, 4.69) is 74.8 Å². The number of pyridine rings is 1. The molecule has 0 spiro atoms. The van der Waals surface area contributed by atoms with Crippen LogP contribution in [0.5, 0.6) is 0 Å². The summed E-state index contributed by atoms with van der Waals surface area (Å²) >= 11 is 3.54. The van der Waals surface area contributed by atoms with Crippen molar-refractivity contribution in [2.24, 2.45) is 0 Å². The summed E-state index contributed by atoms with van der Waals surface area (Å²) in [5, 5.41) is 3.52. The van der Waals surface area contributed by atoms with Crippen molar-refractivity contribution >= 4 is 21.7 Å². The van der Waals surface area contributed by atoms with Gasteiger partial charge in [0.1, 0.15) is 5.82 Å². The molecule has 0 fully saturated rings. The molecule has 0 aliphatic carbocycles.